The molecule has 0 fully saturated rings. The zero-order valence-corrected chi connectivity index (χ0v) is 12.4. The number of aryl methyl sites for hydroxylation is 1. The lowest BCUT2D eigenvalue weighted by Gasteiger charge is -2.15. The van der Waals surface area contributed by atoms with Crippen LogP contribution in [0.5, 0.6) is 0 Å². The molecule has 0 aliphatic carbocycles. The molecule has 0 bridgehead atoms. The van der Waals surface area contributed by atoms with Crippen LogP contribution >= 0.6 is 11.3 Å². The molecule has 2 aromatic heterocycles. The Morgan fingerprint density at radius 1 is 1.55 bits per heavy atom. The molecular weight excluding hydrogens is 278 g/mol. The molecule has 0 saturated heterocycles. The van der Waals surface area contributed by atoms with Gasteiger partial charge in [0.25, 0.3) is 0 Å². The quantitative estimate of drug-likeness (QED) is 0.834. The second-order valence-corrected chi connectivity index (χ2v) is 5.84. The first kappa shape index (κ1) is 14.4. The third-order valence-electron chi connectivity index (χ3n) is 2.95. The van der Waals surface area contributed by atoms with Crippen LogP contribution in [0.3, 0.4) is 0 Å². The molecule has 7 nitrogen and oxygen atoms in total. The number of nitrogens with zero attached hydrogens (tertiary/aromatic N) is 4. The van der Waals surface area contributed by atoms with Gasteiger partial charge < -0.3 is 10.4 Å². The fraction of sp³-hybridized carbons (Fsp3) is 0.500. The summed E-state index contributed by atoms with van der Waals surface area (Å²) in [4.78, 5) is 19.6. The number of thiazole rings is 1. The van der Waals surface area contributed by atoms with Gasteiger partial charge in [-0.1, -0.05) is 0 Å². The van der Waals surface area contributed by atoms with E-state index in [0.717, 1.165) is 5.82 Å². The average Bonchev–Trinajstić information content (AvgIpc) is 2.99. The van der Waals surface area contributed by atoms with Gasteiger partial charge in [0, 0.05) is 25.4 Å². The second-order valence-electron chi connectivity index (χ2n) is 4.98. The van der Waals surface area contributed by atoms with E-state index in [1.807, 2.05) is 7.05 Å². The number of anilines is 1. The maximum absolute atomic E-state index is 11.2. The highest BCUT2D eigenvalue weighted by Gasteiger charge is 2.32. The molecule has 0 atom stereocenters. The van der Waals surface area contributed by atoms with Crippen LogP contribution in [0.2, 0.25) is 0 Å². The van der Waals surface area contributed by atoms with Crippen LogP contribution in [0.1, 0.15) is 25.4 Å². The minimum absolute atomic E-state index is 0.563. The van der Waals surface area contributed by atoms with Crippen molar-refractivity contribution < 1.29 is 9.90 Å². The standard InChI is InChI=1S/C12H17N5O2S/c1-12(2,10(18)19)8-6-20-11(15-8)13-5-4-9-14-7-17(3)16-9/h6-7H,4-5H2,1-3H3,(H,13,15)(H,18,19). The highest BCUT2D eigenvalue weighted by atomic mass is 32.1. The van der Waals surface area contributed by atoms with E-state index in [1.165, 1.54) is 11.3 Å². The molecule has 2 aromatic rings. The van der Waals surface area contributed by atoms with Crippen molar-refractivity contribution in [2.24, 2.45) is 7.05 Å². The molecule has 0 aliphatic rings. The topological polar surface area (TPSA) is 92.9 Å². The van der Waals surface area contributed by atoms with E-state index in [9.17, 15) is 4.79 Å². The Kier molecular flexibility index (Phi) is 4.03. The molecule has 20 heavy (non-hydrogen) atoms. The van der Waals surface area contributed by atoms with E-state index in [0.29, 0.717) is 23.8 Å². The molecule has 0 amide bonds. The third kappa shape index (κ3) is 3.13. The second kappa shape index (κ2) is 5.58. The van der Waals surface area contributed by atoms with Gasteiger partial charge in [0.2, 0.25) is 0 Å². The highest BCUT2D eigenvalue weighted by molar-refractivity contribution is 7.13. The lowest BCUT2D eigenvalue weighted by Crippen LogP contribution is -2.28. The first-order chi connectivity index (χ1) is 9.39. The summed E-state index contributed by atoms with van der Waals surface area (Å²) in [5.41, 5.74) is -0.410. The summed E-state index contributed by atoms with van der Waals surface area (Å²) in [5.74, 6) is -0.116. The SMILES string of the molecule is Cn1cnc(CCNc2nc(C(C)(C)C(=O)O)cs2)n1. The molecule has 2 heterocycles. The van der Waals surface area contributed by atoms with Crippen LogP contribution in [-0.4, -0.2) is 37.4 Å². The molecule has 108 valence electrons. The van der Waals surface area contributed by atoms with Crippen LogP contribution in [-0.2, 0) is 23.7 Å². The zero-order valence-electron chi connectivity index (χ0n) is 11.6. The number of carboxylic acids is 1. The predicted molar refractivity (Wildman–Crippen MR) is 76.0 cm³/mol. The number of nitrogens with one attached hydrogen (secondary N) is 1. The summed E-state index contributed by atoms with van der Waals surface area (Å²) in [6, 6.07) is 0. The van der Waals surface area contributed by atoms with E-state index < -0.39 is 11.4 Å². The van der Waals surface area contributed by atoms with Crippen molar-refractivity contribution in [3.63, 3.8) is 0 Å². The summed E-state index contributed by atoms with van der Waals surface area (Å²) >= 11 is 1.40. The van der Waals surface area contributed by atoms with Gasteiger partial charge in [0.1, 0.15) is 11.7 Å². The third-order valence-corrected chi connectivity index (χ3v) is 3.75. The predicted octanol–water partition coefficient (Wildman–Crippen LogP) is 1.29. The molecule has 0 radical (unpaired) electrons. The van der Waals surface area contributed by atoms with Gasteiger partial charge in [-0.05, 0) is 13.8 Å². The molecule has 2 rings (SSSR count). The van der Waals surface area contributed by atoms with Crippen molar-refractivity contribution in [2.45, 2.75) is 25.7 Å². The van der Waals surface area contributed by atoms with Crippen molar-refractivity contribution in [1.29, 1.82) is 0 Å². The van der Waals surface area contributed by atoms with Gasteiger partial charge in [0.05, 0.1) is 5.69 Å². The maximum atomic E-state index is 11.2. The fourth-order valence-corrected chi connectivity index (χ4v) is 2.44. The van der Waals surface area contributed by atoms with Gasteiger partial charge in [-0.2, -0.15) is 5.10 Å². The molecule has 0 unspecified atom stereocenters. The Labute approximate surface area is 120 Å². The Morgan fingerprint density at radius 3 is 2.90 bits per heavy atom. The molecule has 0 aliphatic heterocycles. The number of carboxylic acid groups (broad SMARTS) is 1. The number of carbonyl (C=O) groups is 1. The fourth-order valence-electron chi connectivity index (χ4n) is 1.53. The van der Waals surface area contributed by atoms with Crippen molar-refractivity contribution in [3.8, 4) is 0 Å². The van der Waals surface area contributed by atoms with Crippen LogP contribution < -0.4 is 5.32 Å². The Hall–Kier alpha value is -1.96. The van der Waals surface area contributed by atoms with Crippen LogP contribution in [0.15, 0.2) is 11.7 Å². The first-order valence-electron chi connectivity index (χ1n) is 6.17. The van der Waals surface area contributed by atoms with E-state index in [1.54, 1.807) is 30.2 Å². The summed E-state index contributed by atoms with van der Waals surface area (Å²) in [5, 5.41) is 19.0. The number of hydrogen-bond donors (Lipinski definition) is 2. The molecule has 2 N–H and O–H groups in total. The van der Waals surface area contributed by atoms with E-state index in [2.05, 4.69) is 20.4 Å². The number of aliphatic carboxylic acids is 1. The van der Waals surface area contributed by atoms with E-state index in [-0.39, 0.29) is 0 Å². The maximum Gasteiger partial charge on any atom is 0.315 e. The summed E-state index contributed by atoms with van der Waals surface area (Å²) in [6.45, 7) is 3.95. The Balaban J connectivity index is 1.92. The summed E-state index contributed by atoms with van der Waals surface area (Å²) in [6.07, 6.45) is 2.35. The molecule has 8 heteroatoms. The smallest absolute Gasteiger partial charge is 0.315 e. The van der Waals surface area contributed by atoms with E-state index in [4.69, 9.17) is 5.11 Å². The minimum Gasteiger partial charge on any atom is -0.481 e. The first-order valence-corrected chi connectivity index (χ1v) is 7.05. The Morgan fingerprint density at radius 2 is 2.30 bits per heavy atom. The molecule has 0 saturated carbocycles. The van der Waals surface area contributed by atoms with Gasteiger partial charge in [-0.3, -0.25) is 9.48 Å². The van der Waals surface area contributed by atoms with Crippen molar-refractivity contribution in [2.75, 3.05) is 11.9 Å². The number of aromatic nitrogens is 4. The van der Waals surface area contributed by atoms with Gasteiger partial charge >= 0.3 is 5.97 Å². The highest BCUT2D eigenvalue weighted by Crippen LogP contribution is 2.27. The summed E-state index contributed by atoms with van der Waals surface area (Å²) in [7, 11) is 1.82. The van der Waals surface area contributed by atoms with Gasteiger partial charge in [0.15, 0.2) is 11.0 Å². The molecular formula is C12H17N5O2S. The van der Waals surface area contributed by atoms with Crippen molar-refractivity contribution in [3.05, 3.63) is 23.2 Å². The van der Waals surface area contributed by atoms with Gasteiger partial charge in [-0.15, -0.1) is 11.3 Å². The number of rotatable bonds is 6. The van der Waals surface area contributed by atoms with Gasteiger partial charge in [-0.25, -0.2) is 9.97 Å². The van der Waals surface area contributed by atoms with Crippen molar-refractivity contribution >= 4 is 22.4 Å². The lowest BCUT2D eigenvalue weighted by atomic mass is 9.90. The average molecular weight is 295 g/mol. The minimum atomic E-state index is -0.973. The molecule has 0 aromatic carbocycles. The monoisotopic (exact) mass is 295 g/mol. The Bertz CT molecular complexity index is 605. The summed E-state index contributed by atoms with van der Waals surface area (Å²) < 4.78 is 1.66. The lowest BCUT2D eigenvalue weighted by molar-refractivity contribution is -0.142. The van der Waals surface area contributed by atoms with Crippen LogP contribution in [0.25, 0.3) is 0 Å². The van der Waals surface area contributed by atoms with Crippen LogP contribution in [0.4, 0.5) is 5.13 Å². The largest absolute Gasteiger partial charge is 0.481 e. The van der Waals surface area contributed by atoms with Crippen LogP contribution in [0, 0.1) is 0 Å². The van der Waals surface area contributed by atoms with E-state index >= 15 is 0 Å². The van der Waals surface area contributed by atoms with Crippen molar-refractivity contribution in [1.82, 2.24) is 19.7 Å². The normalized spacial score (nSPS) is 11.6. The zero-order chi connectivity index (χ0) is 14.8. The molecule has 0 spiro atoms. The number of hydrogen-bond acceptors (Lipinski definition) is 6.